The highest BCUT2D eigenvalue weighted by atomic mass is 16.6. The zero-order valence-electron chi connectivity index (χ0n) is 14.2. The summed E-state index contributed by atoms with van der Waals surface area (Å²) in [6.07, 6.45) is 2.55. The summed E-state index contributed by atoms with van der Waals surface area (Å²) in [5.41, 5.74) is 6.70. The average molecular weight is 365 g/mol. The van der Waals surface area contributed by atoms with E-state index in [0.29, 0.717) is 11.2 Å². The van der Waals surface area contributed by atoms with E-state index in [1.165, 1.54) is 17.3 Å². The maximum atomic E-state index is 10.2. The first kappa shape index (κ1) is 17.4. The normalized spacial score (nSPS) is 30.1. The van der Waals surface area contributed by atoms with Crippen LogP contribution in [-0.4, -0.2) is 65.9 Å². The summed E-state index contributed by atoms with van der Waals surface area (Å²) in [4.78, 5) is 12.8. The van der Waals surface area contributed by atoms with E-state index >= 15 is 0 Å². The van der Waals surface area contributed by atoms with Gasteiger partial charge in [-0.2, -0.15) is 9.97 Å². The van der Waals surface area contributed by atoms with Gasteiger partial charge >= 0.3 is 6.01 Å². The highest BCUT2D eigenvalue weighted by Crippen LogP contribution is 2.32. The molecule has 5 N–H and O–H groups in total. The van der Waals surface area contributed by atoms with Crippen LogP contribution in [0.15, 0.2) is 6.33 Å². The number of aromatic nitrogens is 4. The van der Waals surface area contributed by atoms with Crippen molar-refractivity contribution in [2.75, 3.05) is 12.3 Å². The molecule has 0 bridgehead atoms. The van der Waals surface area contributed by atoms with Gasteiger partial charge in [0.25, 0.3) is 0 Å². The lowest BCUT2D eigenvalue weighted by Gasteiger charge is -2.22. The first-order chi connectivity index (χ1) is 12.6. The van der Waals surface area contributed by atoms with Crippen LogP contribution in [0.2, 0.25) is 0 Å². The number of nitrogen functional groups attached to an aromatic ring is 1. The standard InChI is InChI=1S/C16H23N5O5/c17-13-10-14(20-16(19-13)25-8-4-2-1-3-5-8)21(7-18-10)15-12(24)11(23)9(6-22)26-15/h7-9,11-12,15,22-24H,1-6H2,(H2,17,19,20)/t9-,11-,12-,15?/m0/s1. The maximum absolute atomic E-state index is 10.2. The molecule has 1 saturated carbocycles. The summed E-state index contributed by atoms with van der Waals surface area (Å²) in [5, 5.41) is 29.5. The predicted molar refractivity (Wildman–Crippen MR) is 90.2 cm³/mol. The number of aliphatic hydroxyl groups excluding tert-OH is 3. The van der Waals surface area contributed by atoms with E-state index in [9.17, 15) is 15.3 Å². The van der Waals surface area contributed by atoms with Crippen LogP contribution in [0.5, 0.6) is 6.01 Å². The number of nitrogens with zero attached hydrogens (tertiary/aromatic N) is 4. The minimum Gasteiger partial charge on any atom is -0.460 e. The molecule has 0 aromatic carbocycles. The number of ether oxygens (including phenoxy) is 2. The van der Waals surface area contributed by atoms with Crippen LogP contribution in [0.4, 0.5) is 5.82 Å². The molecule has 10 heteroatoms. The van der Waals surface area contributed by atoms with Crippen molar-refractivity contribution in [1.82, 2.24) is 19.5 Å². The zero-order valence-corrected chi connectivity index (χ0v) is 14.2. The van der Waals surface area contributed by atoms with Crippen molar-refractivity contribution in [3.8, 4) is 6.01 Å². The summed E-state index contributed by atoms with van der Waals surface area (Å²) in [6.45, 7) is -0.408. The van der Waals surface area contributed by atoms with Crippen LogP contribution < -0.4 is 10.5 Å². The van der Waals surface area contributed by atoms with Gasteiger partial charge in [0.2, 0.25) is 0 Å². The van der Waals surface area contributed by atoms with Gasteiger partial charge < -0.3 is 30.5 Å². The van der Waals surface area contributed by atoms with E-state index in [1.54, 1.807) is 0 Å². The molecule has 0 spiro atoms. The first-order valence-electron chi connectivity index (χ1n) is 8.87. The number of hydrogen-bond acceptors (Lipinski definition) is 9. The number of hydrogen-bond donors (Lipinski definition) is 4. The Hall–Kier alpha value is -2.01. The minimum atomic E-state index is -1.23. The van der Waals surface area contributed by atoms with Crippen LogP contribution >= 0.6 is 0 Å². The fourth-order valence-corrected chi connectivity index (χ4v) is 3.60. The lowest BCUT2D eigenvalue weighted by Crippen LogP contribution is -2.33. The van der Waals surface area contributed by atoms with Crippen molar-refractivity contribution in [3.05, 3.63) is 6.33 Å². The van der Waals surface area contributed by atoms with Crippen molar-refractivity contribution in [2.24, 2.45) is 0 Å². The van der Waals surface area contributed by atoms with Crippen LogP contribution in [0.3, 0.4) is 0 Å². The van der Waals surface area contributed by atoms with Crippen LogP contribution in [-0.2, 0) is 4.74 Å². The molecule has 142 valence electrons. The summed E-state index contributed by atoms with van der Waals surface area (Å²) in [6, 6.07) is 0.162. The molecule has 2 fully saturated rings. The lowest BCUT2D eigenvalue weighted by atomic mass is 9.98. The topological polar surface area (TPSA) is 149 Å². The molecule has 1 unspecified atom stereocenters. The second-order valence-corrected chi connectivity index (χ2v) is 6.82. The molecule has 26 heavy (non-hydrogen) atoms. The Labute approximate surface area is 149 Å². The molecule has 3 heterocycles. The number of fused-ring (bicyclic) bond motifs is 1. The third-order valence-electron chi connectivity index (χ3n) is 5.04. The molecule has 10 nitrogen and oxygen atoms in total. The smallest absolute Gasteiger partial charge is 0.320 e. The van der Waals surface area contributed by atoms with Gasteiger partial charge in [-0.3, -0.25) is 4.57 Å². The van der Waals surface area contributed by atoms with E-state index in [-0.39, 0.29) is 17.9 Å². The summed E-state index contributed by atoms with van der Waals surface area (Å²) >= 11 is 0. The van der Waals surface area contributed by atoms with Crippen molar-refractivity contribution < 1.29 is 24.8 Å². The Morgan fingerprint density at radius 2 is 1.96 bits per heavy atom. The second kappa shape index (κ2) is 6.95. The van der Waals surface area contributed by atoms with Gasteiger partial charge in [0, 0.05) is 0 Å². The van der Waals surface area contributed by atoms with E-state index in [0.717, 1.165) is 25.7 Å². The molecule has 1 saturated heterocycles. The lowest BCUT2D eigenvalue weighted by molar-refractivity contribution is -0.0511. The molecular weight excluding hydrogens is 342 g/mol. The SMILES string of the molecule is Nc1nc(OC2CCCCC2)nc2c1ncn2C1O[C@@H](CO)[C@H](O)[C@@H]1O. The van der Waals surface area contributed by atoms with Gasteiger partial charge in [0.15, 0.2) is 23.2 Å². The molecule has 2 aromatic heterocycles. The summed E-state index contributed by atoms with van der Waals surface area (Å²) in [5.74, 6) is 0.173. The first-order valence-corrected chi connectivity index (χ1v) is 8.87. The summed E-state index contributed by atoms with van der Waals surface area (Å²) < 4.78 is 12.9. The Balaban J connectivity index is 1.66. The maximum Gasteiger partial charge on any atom is 0.320 e. The molecule has 1 aliphatic heterocycles. The Morgan fingerprint density at radius 3 is 2.65 bits per heavy atom. The van der Waals surface area contributed by atoms with Crippen LogP contribution in [0.1, 0.15) is 38.3 Å². The van der Waals surface area contributed by atoms with Crippen molar-refractivity contribution >= 4 is 17.0 Å². The van der Waals surface area contributed by atoms with Crippen molar-refractivity contribution in [1.29, 1.82) is 0 Å². The number of rotatable bonds is 4. The van der Waals surface area contributed by atoms with Crippen molar-refractivity contribution in [3.63, 3.8) is 0 Å². The Kier molecular flexibility index (Phi) is 4.65. The molecule has 4 atom stereocenters. The minimum absolute atomic E-state index is 0.0610. The van der Waals surface area contributed by atoms with E-state index in [2.05, 4.69) is 15.0 Å². The summed E-state index contributed by atoms with van der Waals surface area (Å²) in [7, 11) is 0. The van der Waals surface area contributed by atoms with E-state index < -0.39 is 31.1 Å². The van der Waals surface area contributed by atoms with E-state index in [1.807, 2.05) is 0 Å². The third kappa shape index (κ3) is 2.98. The van der Waals surface area contributed by atoms with Gasteiger partial charge in [-0.1, -0.05) is 6.42 Å². The van der Waals surface area contributed by atoms with Crippen LogP contribution in [0, 0.1) is 0 Å². The number of nitrogens with two attached hydrogens (primary N) is 1. The van der Waals surface area contributed by atoms with Gasteiger partial charge in [0.05, 0.1) is 12.9 Å². The zero-order chi connectivity index (χ0) is 18.3. The molecule has 0 radical (unpaired) electrons. The molecule has 0 amide bonds. The fourth-order valence-electron chi connectivity index (χ4n) is 3.60. The molecule has 4 rings (SSSR count). The second-order valence-electron chi connectivity index (χ2n) is 6.82. The van der Waals surface area contributed by atoms with Crippen LogP contribution in [0.25, 0.3) is 11.2 Å². The average Bonchev–Trinajstić information content (AvgIpc) is 3.18. The van der Waals surface area contributed by atoms with Gasteiger partial charge in [0.1, 0.15) is 24.4 Å². The third-order valence-corrected chi connectivity index (χ3v) is 5.04. The number of anilines is 1. The van der Waals surface area contributed by atoms with Gasteiger partial charge in [-0.25, -0.2) is 4.98 Å². The van der Waals surface area contributed by atoms with Crippen molar-refractivity contribution in [2.45, 2.75) is 62.7 Å². The highest BCUT2D eigenvalue weighted by Gasteiger charge is 2.44. The molecular formula is C16H23N5O5. The Bertz CT molecular complexity index is 778. The Morgan fingerprint density at radius 1 is 1.19 bits per heavy atom. The number of aliphatic hydroxyl groups is 3. The highest BCUT2D eigenvalue weighted by molar-refractivity contribution is 5.82. The van der Waals surface area contributed by atoms with Gasteiger partial charge in [-0.05, 0) is 25.7 Å². The molecule has 2 aliphatic rings. The molecule has 2 aromatic rings. The molecule has 1 aliphatic carbocycles. The van der Waals surface area contributed by atoms with Gasteiger partial charge in [-0.15, -0.1) is 0 Å². The van der Waals surface area contributed by atoms with E-state index in [4.69, 9.17) is 15.2 Å². The fraction of sp³-hybridized carbons (Fsp3) is 0.688. The number of imidazole rings is 1. The monoisotopic (exact) mass is 365 g/mol. The largest absolute Gasteiger partial charge is 0.460 e. The predicted octanol–water partition coefficient (Wildman–Crippen LogP) is -0.269. The quantitative estimate of drug-likeness (QED) is 0.574.